The Hall–Kier alpha value is -2.34. The Kier molecular flexibility index (Phi) is 7.29. The Bertz CT molecular complexity index is 680. The molecule has 126 valence electrons. The van der Waals surface area contributed by atoms with Gasteiger partial charge in [0.25, 0.3) is 5.91 Å². The SMILES string of the molecule is O=C(CNC(=O)c1ccccc1)NCCSCc1ccccc1F. The number of halogens is 1. The second kappa shape index (κ2) is 9.72. The average Bonchev–Trinajstić information content (AvgIpc) is 2.61. The normalized spacial score (nSPS) is 10.2. The summed E-state index contributed by atoms with van der Waals surface area (Å²) >= 11 is 1.54. The van der Waals surface area contributed by atoms with Crippen molar-refractivity contribution in [3.05, 3.63) is 71.5 Å². The third kappa shape index (κ3) is 6.04. The van der Waals surface area contributed by atoms with E-state index in [2.05, 4.69) is 10.6 Å². The van der Waals surface area contributed by atoms with Gasteiger partial charge in [0.2, 0.25) is 5.91 Å². The Morgan fingerprint density at radius 3 is 2.42 bits per heavy atom. The van der Waals surface area contributed by atoms with Gasteiger partial charge < -0.3 is 10.6 Å². The molecule has 0 spiro atoms. The third-order valence-electron chi connectivity index (χ3n) is 3.23. The maximum Gasteiger partial charge on any atom is 0.251 e. The first-order chi connectivity index (χ1) is 11.7. The molecule has 0 saturated carbocycles. The Morgan fingerprint density at radius 1 is 0.958 bits per heavy atom. The first-order valence-corrected chi connectivity index (χ1v) is 8.73. The van der Waals surface area contributed by atoms with E-state index in [-0.39, 0.29) is 24.2 Å². The summed E-state index contributed by atoms with van der Waals surface area (Å²) in [4.78, 5) is 23.5. The number of hydrogen-bond acceptors (Lipinski definition) is 3. The van der Waals surface area contributed by atoms with Gasteiger partial charge in [-0.2, -0.15) is 11.8 Å². The monoisotopic (exact) mass is 346 g/mol. The second-order valence-corrected chi connectivity index (χ2v) is 6.15. The van der Waals surface area contributed by atoms with E-state index in [1.165, 1.54) is 6.07 Å². The average molecular weight is 346 g/mol. The minimum absolute atomic E-state index is 0.0638. The molecule has 0 bridgehead atoms. The zero-order valence-corrected chi connectivity index (χ0v) is 13.9. The second-order valence-electron chi connectivity index (χ2n) is 5.04. The Labute approximate surface area is 144 Å². The lowest BCUT2D eigenvalue weighted by Gasteiger charge is -2.07. The van der Waals surface area contributed by atoms with E-state index in [4.69, 9.17) is 0 Å². The minimum Gasteiger partial charge on any atom is -0.354 e. The van der Waals surface area contributed by atoms with Crippen LogP contribution in [0.25, 0.3) is 0 Å². The fourth-order valence-electron chi connectivity index (χ4n) is 1.97. The van der Waals surface area contributed by atoms with Gasteiger partial charge in [0.05, 0.1) is 6.54 Å². The fourth-order valence-corrected chi connectivity index (χ4v) is 2.82. The summed E-state index contributed by atoms with van der Waals surface area (Å²) in [7, 11) is 0. The maximum atomic E-state index is 13.4. The molecule has 6 heteroatoms. The summed E-state index contributed by atoms with van der Waals surface area (Å²) in [6.45, 7) is 0.408. The highest BCUT2D eigenvalue weighted by molar-refractivity contribution is 7.98. The molecule has 0 fully saturated rings. The molecule has 0 saturated heterocycles. The largest absolute Gasteiger partial charge is 0.354 e. The summed E-state index contributed by atoms with van der Waals surface area (Å²) in [5.74, 6) is 0.503. The van der Waals surface area contributed by atoms with Crippen molar-refractivity contribution in [2.24, 2.45) is 0 Å². The Balaban J connectivity index is 1.58. The van der Waals surface area contributed by atoms with E-state index >= 15 is 0 Å². The van der Waals surface area contributed by atoms with E-state index in [0.29, 0.717) is 29.2 Å². The number of hydrogen-bond donors (Lipinski definition) is 2. The standard InChI is InChI=1S/C18H19FN2O2S/c19-16-9-5-4-8-15(16)13-24-11-10-20-17(22)12-21-18(23)14-6-2-1-3-7-14/h1-9H,10-13H2,(H,20,22)(H,21,23). The van der Waals surface area contributed by atoms with Crippen LogP contribution in [0, 0.1) is 5.82 Å². The molecule has 0 radical (unpaired) electrons. The van der Waals surface area contributed by atoms with Crippen molar-refractivity contribution in [1.29, 1.82) is 0 Å². The predicted octanol–water partition coefficient (Wildman–Crippen LogP) is 2.61. The van der Waals surface area contributed by atoms with E-state index in [1.807, 2.05) is 6.07 Å². The zero-order valence-electron chi connectivity index (χ0n) is 13.1. The van der Waals surface area contributed by atoms with Crippen molar-refractivity contribution < 1.29 is 14.0 Å². The van der Waals surface area contributed by atoms with Gasteiger partial charge in [-0.05, 0) is 23.8 Å². The van der Waals surface area contributed by atoms with Crippen LogP contribution in [0.1, 0.15) is 15.9 Å². The lowest BCUT2D eigenvalue weighted by Crippen LogP contribution is -2.37. The number of carbonyl (C=O) groups excluding carboxylic acids is 2. The highest BCUT2D eigenvalue weighted by Gasteiger charge is 2.07. The van der Waals surface area contributed by atoms with Gasteiger partial charge in [0.15, 0.2) is 0 Å². The molecular formula is C18H19FN2O2S. The van der Waals surface area contributed by atoms with Gasteiger partial charge in [-0.15, -0.1) is 0 Å². The first-order valence-electron chi connectivity index (χ1n) is 7.58. The molecule has 4 nitrogen and oxygen atoms in total. The Morgan fingerprint density at radius 2 is 1.67 bits per heavy atom. The van der Waals surface area contributed by atoms with Crippen molar-refractivity contribution in [3.8, 4) is 0 Å². The molecule has 2 aromatic carbocycles. The summed E-state index contributed by atoms with van der Waals surface area (Å²) in [5.41, 5.74) is 1.18. The van der Waals surface area contributed by atoms with E-state index < -0.39 is 0 Å². The molecule has 2 N–H and O–H groups in total. The maximum absolute atomic E-state index is 13.4. The molecule has 0 atom stereocenters. The molecule has 0 aromatic heterocycles. The van der Waals surface area contributed by atoms with Crippen LogP contribution in [0.4, 0.5) is 4.39 Å². The molecule has 2 aromatic rings. The highest BCUT2D eigenvalue weighted by atomic mass is 32.2. The topological polar surface area (TPSA) is 58.2 Å². The van der Waals surface area contributed by atoms with E-state index in [9.17, 15) is 14.0 Å². The number of nitrogens with one attached hydrogen (secondary N) is 2. The summed E-state index contributed by atoms with van der Waals surface area (Å²) < 4.78 is 13.4. The van der Waals surface area contributed by atoms with Gasteiger partial charge in [-0.25, -0.2) is 4.39 Å². The summed E-state index contributed by atoms with van der Waals surface area (Å²) in [6, 6.07) is 15.4. The smallest absolute Gasteiger partial charge is 0.251 e. The van der Waals surface area contributed by atoms with Crippen LogP contribution in [0.5, 0.6) is 0 Å². The number of rotatable bonds is 8. The van der Waals surface area contributed by atoms with Gasteiger partial charge in [-0.3, -0.25) is 9.59 Å². The van der Waals surface area contributed by atoms with Gasteiger partial charge in [0, 0.05) is 23.6 Å². The molecule has 2 amide bonds. The van der Waals surface area contributed by atoms with Crippen molar-refractivity contribution in [3.63, 3.8) is 0 Å². The molecule has 0 aliphatic rings. The van der Waals surface area contributed by atoms with Gasteiger partial charge >= 0.3 is 0 Å². The van der Waals surface area contributed by atoms with Crippen LogP contribution in [0.15, 0.2) is 54.6 Å². The van der Waals surface area contributed by atoms with E-state index in [0.717, 1.165) is 0 Å². The molecule has 0 unspecified atom stereocenters. The number of benzene rings is 2. The van der Waals surface area contributed by atoms with Crippen molar-refractivity contribution >= 4 is 23.6 Å². The molecule has 0 heterocycles. The quantitative estimate of drug-likeness (QED) is 0.723. The van der Waals surface area contributed by atoms with Crippen molar-refractivity contribution in [2.75, 3.05) is 18.8 Å². The van der Waals surface area contributed by atoms with E-state index in [1.54, 1.807) is 54.2 Å². The molecule has 24 heavy (non-hydrogen) atoms. The van der Waals surface area contributed by atoms with Crippen LogP contribution in [0.3, 0.4) is 0 Å². The van der Waals surface area contributed by atoms with Crippen LogP contribution in [-0.2, 0) is 10.5 Å². The fraction of sp³-hybridized carbons (Fsp3) is 0.222. The van der Waals surface area contributed by atoms with Crippen molar-refractivity contribution in [1.82, 2.24) is 10.6 Å². The first kappa shape index (κ1) is 18.0. The van der Waals surface area contributed by atoms with Crippen LogP contribution in [-0.4, -0.2) is 30.7 Å². The lowest BCUT2D eigenvalue weighted by molar-refractivity contribution is -0.120. The molecule has 2 rings (SSSR count). The van der Waals surface area contributed by atoms with Gasteiger partial charge in [0.1, 0.15) is 5.82 Å². The summed E-state index contributed by atoms with van der Waals surface area (Å²) in [6.07, 6.45) is 0. The summed E-state index contributed by atoms with van der Waals surface area (Å²) in [5, 5.41) is 5.29. The van der Waals surface area contributed by atoms with Crippen LogP contribution < -0.4 is 10.6 Å². The van der Waals surface area contributed by atoms with Gasteiger partial charge in [-0.1, -0.05) is 36.4 Å². The minimum atomic E-state index is -0.278. The third-order valence-corrected chi connectivity index (χ3v) is 4.24. The molecule has 0 aliphatic carbocycles. The number of carbonyl (C=O) groups is 2. The number of amides is 2. The molecule has 0 aliphatic heterocycles. The van der Waals surface area contributed by atoms with Crippen molar-refractivity contribution in [2.45, 2.75) is 5.75 Å². The van der Waals surface area contributed by atoms with Crippen LogP contribution >= 0.6 is 11.8 Å². The van der Waals surface area contributed by atoms with Crippen LogP contribution in [0.2, 0.25) is 0 Å². The molecular weight excluding hydrogens is 327 g/mol. The zero-order chi connectivity index (χ0) is 17.2. The lowest BCUT2D eigenvalue weighted by atomic mass is 10.2. The predicted molar refractivity (Wildman–Crippen MR) is 94.3 cm³/mol. The number of thioether (sulfide) groups is 1. The highest BCUT2D eigenvalue weighted by Crippen LogP contribution is 2.14.